The second kappa shape index (κ2) is 6.00. The van der Waals surface area contributed by atoms with Crippen LogP contribution in [-0.2, 0) is 9.09 Å². The zero-order chi connectivity index (χ0) is 16.6. The zero-order valence-electron chi connectivity index (χ0n) is 13.5. The maximum Gasteiger partial charge on any atom is 0.422 e. The lowest BCUT2D eigenvalue weighted by atomic mass is 10.2. The molecule has 0 aliphatic carbocycles. The Morgan fingerprint density at radius 2 is 1.75 bits per heavy atom. The SMILES string of the molecule is COc1ccc(N2CC=C(c3ccccc3)OP2(=O)N2CC2)cc1. The van der Waals surface area contributed by atoms with Crippen molar-refractivity contribution in [1.29, 1.82) is 0 Å². The van der Waals surface area contributed by atoms with Crippen LogP contribution in [0.15, 0.2) is 60.7 Å². The molecule has 0 N–H and O–H groups in total. The van der Waals surface area contributed by atoms with Crippen LogP contribution in [0.4, 0.5) is 5.69 Å². The van der Waals surface area contributed by atoms with Gasteiger partial charge in [-0.15, -0.1) is 0 Å². The number of anilines is 1. The summed E-state index contributed by atoms with van der Waals surface area (Å²) < 4.78 is 28.6. The molecule has 1 fully saturated rings. The lowest BCUT2D eigenvalue weighted by molar-refractivity contribution is 0.413. The van der Waals surface area contributed by atoms with Gasteiger partial charge in [-0.25, -0.2) is 9.24 Å². The van der Waals surface area contributed by atoms with E-state index < -0.39 is 7.67 Å². The van der Waals surface area contributed by atoms with E-state index in [2.05, 4.69) is 0 Å². The van der Waals surface area contributed by atoms with Gasteiger partial charge in [-0.05, 0) is 30.3 Å². The van der Waals surface area contributed by atoms with E-state index in [0.717, 1.165) is 30.1 Å². The minimum atomic E-state index is -3.09. The minimum Gasteiger partial charge on any atom is -0.497 e. The van der Waals surface area contributed by atoms with Crippen molar-refractivity contribution in [1.82, 2.24) is 4.67 Å². The van der Waals surface area contributed by atoms with Crippen molar-refractivity contribution in [2.24, 2.45) is 0 Å². The van der Waals surface area contributed by atoms with Gasteiger partial charge in [0.15, 0.2) is 0 Å². The Bertz CT molecular complexity index is 801. The summed E-state index contributed by atoms with van der Waals surface area (Å²) in [5, 5.41) is 0. The highest BCUT2D eigenvalue weighted by molar-refractivity contribution is 7.59. The van der Waals surface area contributed by atoms with Crippen LogP contribution < -0.4 is 9.41 Å². The van der Waals surface area contributed by atoms with Crippen molar-refractivity contribution in [3.05, 3.63) is 66.2 Å². The summed E-state index contributed by atoms with van der Waals surface area (Å²) in [6, 6.07) is 17.4. The molecule has 2 heterocycles. The Kier molecular flexibility index (Phi) is 3.83. The molecule has 5 nitrogen and oxygen atoms in total. The van der Waals surface area contributed by atoms with Crippen molar-refractivity contribution in [2.45, 2.75) is 0 Å². The third kappa shape index (κ3) is 2.70. The number of methoxy groups -OCH3 is 1. The quantitative estimate of drug-likeness (QED) is 0.621. The van der Waals surface area contributed by atoms with Gasteiger partial charge in [0.1, 0.15) is 11.5 Å². The summed E-state index contributed by atoms with van der Waals surface area (Å²) in [6.45, 7) is 2.14. The summed E-state index contributed by atoms with van der Waals surface area (Å²) >= 11 is 0. The van der Waals surface area contributed by atoms with Gasteiger partial charge in [0.2, 0.25) is 0 Å². The average molecular weight is 342 g/mol. The number of nitrogens with zero attached hydrogens (tertiary/aromatic N) is 2. The van der Waals surface area contributed by atoms with Crippen LogP contribution >= 0.6 is 7.67 Å². The highest BCUT2D eigenvalue weighted by Crippen LogP contribution is 2.63. The van der Waals surface area contributed by atoms with Crippen molar-refractivity contribution in [2.75, 3.05) is 31.4 Å². The number of hydrogen-bond acceptors (Lipinski definition) is 3. The third-order valence-corrected chi connectivity index (χ3v) is 6.74. The van der Waals surface area contributed by atoms with Crippen LogP contribution in [0.2, 0.25) is 0 Å². The lowest BCUT2D eigenvalue weighted by Crippen LogP contribution is -2.28. The molecule has 2 aliphatic rings. The van der Waals surface area contributed by atoms with Crippen LogP contribution in [-0.4, -0.2) is 31.4 Å². The summed E-state index contributed by atoms with van der Waals surface area (Å²) in [7, 11) is -1.46. The van der Waals surface area contributed by atoms with Crippen molar-refractivity contribution < 1.29 is 13.8 Å². The maximum absolute atomic E-state index is 13.6. The monoisotopic (exact) mass is 342 g/mol. The molecule has 0 radical (unpaired) electrons. The first-order valence-electron chi connectivity index (χ1n) is 7.93. The van der Waals surface area contributed by atoms with Crippen LogP contribution in [0, 0.1) is 0 Å². The minimum absolute atomic E-state index is 0.546. The Balaban J connectivity index is 1.69. The van der Waals surface area contributed by atoms with Gasteiger partial charge in [0, 0.05) is 24.3 Å². The molecule has 24 heavy (non-hydrogen) atoms. The van der Waals surface area contributed by atoms with Crippen molar-refractivity contribution in [3.63, 3.8) is 0 Å². The van der Waals surface area contributed by atoms with E-state index >= 15 is 0 Å². The third-order valence-electron chi connectivity index (χ3n) is 4.18. The van der Waals surface area contributed by atoms with E-state index in [9.17, 15) is 4.57 Å². The highest BCUT2D eigenvalue weighted by Gasteiger charge is 2.48. The van der Waals surface area contributed by atoms with Gasteiger partial charge < -0.3 is 9.26 Å². The molecule has 0 bridgehead atoms. The van der Waals surface area contributed by atoms with Gasteiger partial charge in [-0.2, -0.15) is 0 Å². The molecule has 4 rings (SSSR count). The van der Waals surface area contributed by atoms with Gasteiger partial charge in [0.05, 0.1) is 13.7 Å². The van der Waals surface area contributed by atoms with E-state index in [1.807, 2.05) is 70.0 Å². The smallest absolute Gasteiger partial charge is 0.422 e. The van der Waals surface area contributed by atoms with E-state index in [1.54, 1.807) is 7.11 Å². The van der Waals surface area contributed by atoms with Gasteiger partial charge in [-0.3, -0.25) is 4.67 Å². The fraction of sp³-hybridized carbons (Fsp3) is 0.222. The molecule has 0 saturated carbocycles. The summed E-state index contributed by atoms with van der Waals surface area (Å²) in [4.78, 5) is 0. The molecule has 1 unspecified atom stereocenters. The number of ether oxygens (including phenoxy) is 1. The zero-order valence-corrected chi connectivity index (χ0v) is 14.4. The molecule has 0 amide bonds. The van der Waals surface area contributed by atoms with E-state index in [1.165, 1.54) is 0 Å². The Morgan fingerprint density at radius 3 is 2.38 bits per heavy atom. The van der Waals surface area contributed by atoms with E-state index in [0.29, 0.717) is 12.3 Å². The standard InChI is InChI=1S/C18H19N2O3P/c1-22-17-9-7-16(8-10-17)20-12-11-18(15-5-3-2-4-6-15)23-24(20,21)19-13-14-19/h2-11H,12-14H2,1H3. The lowest BCUT2D eigenvalue weighted by Gasteiger charge is -2.36. The Labute approximate surface area is 141 Å². The molecule has 1 atom stereocenters. The topological polar surface area (TPSA) is 41.8 Å². The fourth-order valence-electron chi connectivity index (χ4n) is 2.77. The van der Waals surface area contributed by atoms with Gasteiger partial charge >= 0.3 is 7.67 Å². The van der Waals surface area contributed by atoms with Crippen molar-refractivity contribution >= 4 is 19.1 Å². The fourth-order valence-corrected chi connectivity index (χ4v) is 5.04. The molecule has 2 aliphatic heterocycles. The first-order chi connectivity index (χ1) is 11.7. The predicted octanol–water partition coefficient (Wildman–Crippen LogP) is 4.00. The molecule has 0 spiro atoms. The molecule has 2 aromatic carbocycles. The first-order valence-corrected chi connectivity index (χ1v) is 9.46. The van der Waals surface area contributed by atoms with Gasteiger partial charge in [0.25, 0.3) is 0 Å². The molecule has 6 heteroatoms. The Morgan fingerprint density at radius 1 is 1.04 bits per heavy atom. The Hall–Kier alpha value is -2.23. The summed E-state index contributed by atoms with van der Waals surface area (Å²) in [5.74, 6) is 1.47. The largest absolute Gasteiger partial charge is 0.497 e. The average Bonchev–Trinajstić information content (AvgIpc) is 3.48. The second-order valence-corrected chi connectivity index (χ2v) is 7.96. The molecule has 1 saturated heterocycles. The van der Waals surface area contributed by atoms with Crippen LogP contribution in [0.5, 0.6) is 5.75 Å². The van der Waals surface area contributed by atoms with E-state index in [4.69, 9.17) is 9.26 Å². The van der Waals surface area contributed by atoms with Crippen molar-refractivity contribution in [3.8, 4) is 5.75 Å². The van der Waals surface area contributed by atoms with Gasteiger partial charge in [-0.1, -0.05) is 30.3 Å². The first kappa shape index (κ1) is 15.3. The number of benzene rings is 2. The predicted molar refractivity (Wildman–Crippen MR) is 95.0 cm³/mol. The molecule has 124 valence electrons. The summed E-state index contributed by atoms with van der Waals surface area (Å²) in [6.07, 6.45) is 1.99. The van der Waals surface area contributed by atoms with Crippen LogP contribution in [0.25, 0.3) is 5.76 Å². The number of hydrogen-bond donors (Lipinski definition) is 0. The molecular formula is C18H19N2O3P. The molecule has 2 aromatic rings. The molecular weight excluding hydrogens is 323 g/mol. The summed E-state index contributed by atoms with van der Waals surface area (Å²) in [5.41, 5.74) is 1.82. The number of rotatable bonds is 4. The van der Waals surface area contributed by atoms with E-state index in [-0.39, 0.29) is 0 Å². The maximum atomic E-state index is 13.6. The molecule has 0 aromatic heterocycles. The van der Waals surface area contributed by atoms with Crippen LogP contribution in [0.1, 0.15) is 5.56 Å². The second-order valence-electron chi connectivity index (χ2n) is 5.75. The normalized spacial score (nSPS) is 23.4. The highest BCUT2D eigenvalue weighted by atomic mass is 31.2. The van der Waals surface area contributed by atoms with Crippen LogP contribution in [0.3, 0.4) is 0 Å².